The standard InChI is InChI=1S/C16H11ClO4/c17-13-3-1-2-4-14(13)20-9-10-7-16(19)21-15-8-11(18)5-6-12(10)15/h1-8,18H,9H2. The fourth-order valence-electron chi connectivity index (χ4n) is 2.06. The lowest BCUT2D eigenvalue weighted by Gasteiger charge is -2.09. The van der Waals surface area contributed by atoms with Crippen LogP contribution in [0.1, 0.15) is 5.56 Å². The number of phenols is 1. The first kappa shape index (κ1) is 13.5. The molecule has 0 aliphatic carbocycles. The lowest BCUT2D eigenvalue weighted by molar-refractivity contribution is 0.307. The number of hydrogen-bond donors (Lipinski definition) is 1. The Hall–Kier alpha value is -2.46. The molecule has 1 N–H and O–H groups in total. The maximum Gasteiger partial charge on any atom is 0.336 e. The summed E-state index contributed by atoms with van der Waals surface area (Å²) in [6.45, 7) is 0.177. The molecule has 0 aliphatic heterocycles. The summed E-state index contributed by atoms with van der Waals surface area (Å²) in [5.41, 5.74) is 0.493. The zero-order chi connectivity index (χ0) is 14.8. The van der Waals surface area contributed by atoms with Gasteiger partial charge in [-0.1, -0.05) is 23.7 Å². The van der Waals surface area contributed by atoms with Gasteiger partial charge >= 0.3 is 5.63 Å². The van der Waals surface area contributed by atoms with Crippen molar-refractivity contribution in [2.75, 3.05) is 0 Å². The molecule has 1 aromatic heterocycles. The van der Waals surface area contributed by atoms with Gasteiger partial charge in [0.15, 0.2) is 0 Å². The quantitative estimate of drug-likeness (QED) is 0.749. The van der Waals surface area contributed by atoms with Crippen LogP contribution in [-0.4, -0.2) is 5.11 Å². The van der Waals surface area contributed by atoms with Gasteiger partial charge in [-0.3, -0.25) is 0 Å². The number of para-hydroxylation sites is 1. The number of benzene rings is 2. The average Bonchev–Trinajstić information content (AvgIpc) is 2.45. The van der Waals surface area contributed by atoms with Gasteiger partial charge in [-0.2, -0.15) is 0 Å². The topological polar surface area (TPSA) is 59.7 Å². The van der Waals surface area contributed by atoms with Crippen molar-refractivity contribution in [2.45, 2.75) is 6.61 Å². The van der Waals surface area contributed by atoms with Crippen LogP contribution >= 0.6 is 11.6 Å². The second kappa shape index (κ2) is 5.50. The fraction of sp³-hybridized carbons (Fsp3) is 0.0625. The van der Waals surface area contributed by atoms with Gasteiger partial charge in [0.1, 0.15) is 23.7 Å². The van der Waals surface area contributed by atoms with E-state index in [1.807, 2.05) is 12.1 Å². The molecule has 0 unspecified atom stereocenters. The summed E-state index contributed by atoms with van der Waals surface area (Å²) >= 11 is 6.02. The monoisotopic (exact) mass is 302 g/mol. The molecule has 0 fully saturated rings. The van der Waals surface area contributed by atoms with E-state index in [9.17, 15) is 9.90 Å². The lowest BCUT2D eigenvalue weighted by atomic mass is 10.1. The van der Waals surface area contributed by atoms with Gasteiger partial charge in [-0.15, -0.1) is 0 Å². The van der Waals surface area contributed by atoms with Crippen LogP contribution in [0.5, 0.6) is 11.5 Å². The highest BCUT2D eigenvalue weighted by Gasteiger charge is 2.08. The van der Waals surface area contributed by atoms with Crippen LogP contribution in [0.3, 0.4) is 0 Å². The average molecular weight is 303 g/mol. The van der Waals surface area contributed by atoms with Gasteiger partial charge in [0, 0.05) is 23.1 Å². The minimum absolute atomic E-state index is 0.0369. The van der Waals surface area contributed by atoms with E-state index < -0.39 is 5.63 Å². The van der Waals surface area contributed by atoms with Crippen LogP contribution in [0.2, 0.25) is 5.02 Å². The van der Waals surface area contributed by atoms with Gasteiger partial charge in [-0.05, 0) is 24.3 Å². The Kier molecular flexibility index (Phi) is 3.54. The van der Waals surface area contributed by atoms with Crippen molar-refractivity contribution < 1.29 is 14.3 Å². The van der Waals surface area contributed by atoms with E-state index in [0.29, 0.717) is 27.3 Å². The van der Waals surface area contributed by atoms with Crippen molar-refractivity contribution in [2.24, 2.45) is 0 Å². The summed E-state index contributed by atoms with van der Waals surface area (Å²) in [6.07, 6.45) is 0. The van der Waals surface area contributed by atoms with Crippen LogP contribution in [-0.2, 0) is 6.61 Å². The molecular formula is C16H11ClO4. The molecule has 0 bridgehead atoms. The normalized spacial score (nSPS) is 10.7. The van der Waals surface area contributed by atoms with Crippen LogP contribution in [0.4, 0.5) is 0 Å². The van der Waals surface area contributed by atoms with Gasteiger partial charge in [0.2, 0.25) is 0 Å². The first-order valence-corrected chi connectivity index (χ1v) is 6.64. The van der Waals surface area contributed by atoms with Gasteiger partial charge in [0.25, 0.3) is 0 Å². The molecule has 4 nitrogen and oxygen atoms in total. The number of hydrogen-bond acceptors (Lipinski definition) is 4. The summed E-state index contributed by atoms with van der Waals surface area (Å²) in [6, 6.07) is 13.1. The Morgan fingerprint density at radius 1 is 1.14 bits per heavy atom. The molecule has 0 atom stereocenters. The predicted molar refractivity (Wildman–Crippen MR) is 79.9 cm³/mol. The van der Waals surface area contributed by atoms with Gasteiger partial charge in [0.05, 0.1) is 5.02 Å². The summed E-state index contributed by atoms with van der Waals surface area (Å²) in [7, 11) is 0. The second-order valence-corrected chi connectivity index (χ2v) is 4.90. The first-order chi connectivity index (χ1) is 10.1. The van der Waals surface area contributed by atoms with Crippen LogP contribution < -0.4 is 10.4 Å². The number of rotatable bonds is 3. The SMILES string of the molecule is O=c1cc(COc2ccccc2Cl)c2ccc(O)cc2o1. The molecule has 3 rings (SSSR count). The van der Waals surface area contributed by atoms with Gasteiger partial charge < -0.3 is 14.3 Å². The summed E-state index contributed by atoms with van der Waals surface area (Å²) < 4.78 is 10.7. The number of aromatic hydroxyl groups is 1. The molecular weight excluding hydrogens is 292 g/mol. The molecule has 2 aromatic carbocycles. The highest BCUT2D eigenvalue weighted by Crippen LogP contribution is 2.26. The molecule has 3 aromatic rings. The third-order valence-electron chi connectivity index (χ3n) is 3.03. The zero-order valence-corrected chi connectivity index (χ0v) is 11.6. The smallest absolute Gasteiger partial charge is 0.336 e. The third kappa shape index (κ3) is 2.85. The molecule has 0 aliphatic rings. The van der Waals surface area contributed by atoms with E-state index in [4.69, 9.17) is 20.8 Å². The van der Waals surface area contributed by atoms with Crippen molar-refractivity contribution in [1.82, 2.24) is 0 Å². The fourth-order valence-corrected chi connectivity index (χ4v) is 2.25. The summed E-state index contributed by atoms with van der Waals surface area (Å²) in [4.78, 5) is 11.6. The molecule has 0 saturated carbocycles. The summed E-state index contributed by atoms with van der Waals surface area (Å²) in [5, 5.41) is 10.7. The third-order valence-corrected chi connectivity index (χ3v) is 3.35. The van der Waals surface area contributed by atoms with E-state index in [0.717, 1.165) is 0 Å². The first-order valence-electron chi connectivity index (χ1n) is 6.26. The Bertz CT molecular complexity index is 854. The Labute approximate surface area is 125 Å². The van der Waals surface area contributed by atoms with Crippen molar-refractivity contribution in [3.05, 3.63) is 69.5 Å². The molecule has 0 amide bonds. The minimum Gasteiger partial charge on any atom is -0.508 e. The number of phenolic OH excluding ortho intramolecular Hbond substituents is 1. The maximum absolute atomic E-state index is 11.6. The Morgan fingerprint density at radius 3 is 2.76 bits per heavy atom. The number of halogens is 1. The van der Waals surface area contributed by atoms with E-state index in [-0.39, 0.29) is 12.4 Å². The van der Waals surface area contributed by atoms with Crippen molar-refractivity contribution >= 4 is 22.6 Å². The van der Waals surface area contributed by atoms with E-state index >= 15 is 0 Å². The van der Waals surface area contributed by atoms with Crippen LogP contribution in [0, 0.1) is 0 Å². The zero-order valence-electron chi connectivity index (χ0n) is 10.9. The highest BCUT2D eigenvalue weighted by molar-refractivity contribution is 6.32. The number of ether oxygens (including phenoxy) is 1. The second-order valence-electron chi connectivity index (χ2n) is 4.49. The largest absolute Gasteiger partial charge is 0.508 e. The van der Waals surface area contributed by atoms with E-state index in [1.165, 1.54) is 18.2 Å². The molecule has 21 heavy (non-hydrogen) atoms. The molecule has 0 saturated heterocycles. The molecule has 1 heterocycles. The minimum atomic E-state index is -0.495. The van der Waals surface area contributed by atoms with Crippen LogP contribution in [0.15, 0.2) is 57.7 Å². The molecule has 5 heteroatoms. The molecule has 0 radical (unpaired) electrons. The Balaban J connectivity index is 1.97. The molecule has 0 spiro atoms. The van der Waals surface area contributed by atoms with Crippen molar-refractivity contribution in [3.63, 3.8) is 0 Å². The van der Waals surface area contributed by atoms with Gasteiger partial charge in [-0.25, -0.2) is 4.79 Å². The number of fused-ring (bicyclic) bond motifs is 1. The Morgan fingerprint density at radius 2 is 1.95 bits per heavy atom. The highest BCUT2D eigenvalue weighted by atomic mass is 35.5. The predicted octanol–water partition coefficient (Wildman–Crippen LogP) is 3.73. The van der Waals surface area contributed by atoms with Crippen molar-refractivity contribution in [1.29, 1.82) is 0 Å². The lowest BCUT2D eigenvalue weighted by Crippen LogP contribution is -2.04. The van der Waals surface area contributed by atoms with E-state index in [2.05, 4.69) is 0 Å². The van der Waals surface area contributed by atoms with E-state index in [1.54, 1.807) is 18.2 Å². The molecule has 106 valence electrons. The van der Waals surface area contributed by atoms with Crippen molar-refractivity contribution in [3.8, 4) is 11.5 Å². The van der Waals surface area contributed by atoms with Crippen LogP contribution in [0.25, 0.3) is 11.0 Å². The summed E-state index contributed by atoms with van der Waals surface area (Å²) in [5.74, 6) is 0.578. The maximum atomic E-state index is 11.6.